The van der Waals surface area contributed by atoms with E-state index in [1.54, 1.807) is 17.0 Å². The molecule has 1 atom stereocenters. The smallest absolute Gasteiger partial charge is 0.409 e. The number of ether oxygens (including phenoxy) is 2. The topological polar surface area (TPSA) is 42.0 Å². The van der Waals surface area contributed by atoms with E-state index >= 15 is 0 Å². The Bertz CT molecular complexity index is 558. The molecule has 22 heavy (non-hydrogen) atoms. The van der Waals surface area contributed by atoms with E-state index in [-0.39, 0.29) is 17.2 Å². The van der Waals surface area contributed by atoms with Crippen molar-refractivity contribution in [1.29, 1.82) is 0 Å². The lowest BCUT2D eigenvalue weighted by atomic mass is 10.1. The van der Waals surface area contributed by atoms with Crippen LogP contribution in [0.4, 0.5) is 9.18 Å². The second kappa shape index (κ2) is 6.81. The molecule has 120 valence electrons. The zero-order chi connectivity index (χ0) is 15.5. The molecule has 0 unspecified atom stereocenters. The number of carbonyl (C=O) groups is 1. The van der Waals surface area contributed by atoms with Crippen molar-refractivity contribution in [1.82, 2.24) is 9.80 Å². The number of nitrogens with zero attached hydrogens (tertiary/aromatic N) is 2. The van der Waals surface area contributed by atoms with Gasteiger partial charge in [-0.05, 0) is 17.7 Å². The van der Waals surface area contributed by atoms with Crippen molar-refractivity contribution >= 4 is 17.7 Å². The maximum absolute atomic E-state index is 13.2. The number of rotatable bonds is 4. The van der Waals surface area contributed by atoms with Gasteiger partial charge in [0, 0.05) is 26.2 Å². The van der Waals surface area contributed by atoms with Gasteiger partial charge in [0.2, 0.25) is 0 Å². The standard InChI is InChI=1S/C15H18ClFN2O3/c16-12-9-11(1-2-13(12)17)14-10-18(5-7-21-14)3-4-19-6-8-22-15(19)20/h1-2,9,14H,3-8,10H2/t14-/m0/s1. The third-order valence-electron chi connectivity index (χ3n) is 4.00. The van der Waals surface area contributed by atoms with Crippen LogP contribution >= 0.6 is 11.6 Å². The number of cyclic esters (lactones) is 1. The summed E-state index contributed by atoms with van der Waals surface area (Å²) in [6.07, 6.45) is -0.368. The quantitative estimate of drug-likeness (QED) is 0.850. The van der Waals surface area contributed by atoms with Crippen LogP contribution < -0.4 is 0 Å². The first-order valence-electron chi connectivity index (χ1n) is 7.34. The second-order valence-corrected chi connectivity index (χ2v) is 5.84. The molecule has 2 heterocycles. The first-order valence-corrected chi connectivity index (χ1v) is 7.72. The highest BCUT2D eigenvalue weighted by atomic mass is 35.5. The van der Waals surface area contributed by atoms with Crippen LogP contribution in [0, 0.1) is 5.82 Å². The third-order valence-corrected chi connectivity index (χ3v) is 4.29. The molecule has 2 saturated heterocycles. The van der Waals surface area contributed by atoms with Gasteiger partial charge < -0.3 is 14.4 Å². The minimum absolute atomic E-state index is 0.109. The molecular weight excluding hydrogens is 311 g/mol. The molecule has 0 aromatic heterocycles. The predicted molar refractivity (Wildman–Crippen MR) is 79.5 cm³/mol. The third kappa shape index (κ3) is 3.51. The van der Waals surface area contributed by atoms with Crippen LogP contribution in [-0.2, 0) is 9.47 Å². The fraction of sp³-hybridized carbons (Fsp3) is 0.533. The molecule has 0 spiro atoms. The van der Waals surface area contributed by atoms with Gasteiger partial charge in [0.05, 0.1) is 24.3 Å². The monoisotopic (exact) mass is 328 g/mol. The van der Waals surface area contributed by atoms with Crippen molar-refractivity contribution in [3.63, 3.8) is 0 Å². The van der Waals surface area contributed by atoms with Crippen molar-refractivity contribution in [3.8, 4) is 0 Å². The summed E-state index contributed by atoms with van der Waals surface area (Å²) in [7, 11) is 0. The van der Waals surface area contributed by atoms with Gasteiger partial charge in [-0.15, -0.1) is 0 Å². The Morgan fingerprint density at radius 1 is 1.27 bits per heavy atom. The van der Waals surface area contributed by atoms with Crippen LogP contribution in [0.3, 0.4) is 0 Å². The summed E-state index contributed by atoms with van der Waals surface area (Å²) in [5.41, 5.74) is 0.872. The van der Waals surface area contributed by atoms with E-state index in [2.05, 4.69) is 4.90 Å². The van der Waals surface area contributed by atoms with Gasteiger partial charge in [-0.25, -0.2) is 9.18 Å². The van der Waals surface area contributed by atoms with Crippen LogP contribution in [-0.4, -0.2) is 61.8 Å². The van der Waals surface area contributed by atoms with Gasteiger partial charge in [-0.1, -0.05) is 17.7 Å². The molecule has 2 aliphatic rings. The molecule has 0 saturated carbocycles. The minimum atomic E-state index is -0.425. The van der Waals surface area contributed by atoms with Crippen molar-refractivity contribution in [3.05, 3.63) is 34.6 Å². The molecular formula is C15H18ClFN2O3. The van der Waals surface area contributed by atoms with Gasteiger partial charge in [-0.3, -0.25) is 4.90 Å². The van der Waals surface area contributed by atoms with E-state index in [1.165, 1.54) is 6.07 Å². The highest BCUT2D eigenvalue weighted by Crippen LogP contribution is 2.26. The molecule has 0 N–H and O–H groups in total. The molecule has 1 aromatic carbocycles. The van der Waals surface area contributed by atoms with E-state index in [4.69, 9.17) is 21.1 Å². The maximum Gasteiger partial charge on any atom is 0.409 e. The normalized spacial score (nSPS) is 22.9. The van der Waals surface area contributed by atoms with Crippen molar-refractivity contribution < 1.29 is 18.7 Å². The summed E-state index contributed by atoms with van der Waals surface area (Å²) < 4.78 is 23.9. The summed E-state index contributed by atoms with van der Waals surface area (Å²) in [5.74, 6) is -0.425. The summed E-state index contributed by atoms with van der Waals surface area (Å²) in [6.45, 7) is 4.65. The van der Waals surface area contributed by atoms with Crippen LogP contribution in [0.1, 0.15) is 11.7 Å². The number of carbonyl (C=O) groups excluding carboxylic acids is 1. The van der Waals surface area contributed by atoms with E-state index < -0.39 is 5.82 Å². The lowest BCUT2D eigenvalue weighted by Gasteiger charge is -2.33. The largest absolute Gasteiger partial charge is 0.448 e. The van der Waals surface area contributed by atoms with Gasteiger partial charge in [0.15, 0.2) is 0 Å². The Balaban J connectivity index is 1.56. The minimum Gasteiger partial charge on any atom is -0.448 e. The number of amides is 1. The van der Waals surface area contributed by atoms with Crippen LogP contribution in [0.25, 0.3) is 0 Å². The molecule has 7 heteroatoms. The molecule has 5 nitrogen and oxygen atoms in total. The van der Waals surface area contributed by atoms with E-state index in [1.807, 2.05) is 0 Å². The fourth-order valence-electron chi connectivity index (χ4n) is 2.71. The van der Waals surface area contributed by atoms with E-state index in [9.17, 15) is 9.18 Å². The molecule has 0 bridgehead atoms. The molecule has 1 amide bonds. The summed E-state index contributed by atoms with van der Waals surface area (Å²) in [6, 6.07) is 4.68. The average molecular weight is 329 g/mol. The Morgan fingerprint density at radius 3 is 2.86 bits per heavy atom. The average Bonchev–Trinajstić information content (AvgIpc) is 2.93. The lowest BCUT2D eigenvalue weighted by molar-refractivity contribution is -0.0311. The van der Waals surface area contributed by atoms with Gasteiger partial charge in [0.1, 0.15) is 12.4 Å². The highest BCUT2D eigenvalue weighted by Gasteiger charge is 2.25. The Hall–Kier alpha value is -1.37. The molecule has 1 aromatic rings. The summed E-state index contributed by atoms with van der Waals surface area (Å²) in [4.78, 5) is 15.4. The number of benzene rings is 1. The fourth-order valence-corrected chi connectivity index (χ4v) is 2.90. The highest BCUT2D eigenvalue weighted by molar-refractivity contribution is 6.30. The predicted octanol–water partition coefficient (Wildman–Crippen LogP) is 2.30. The molecule has 2 fully saturated rings. The maximum atomic E-state index is 13.2. The zero-order valence-corrected chi connectivity index (χ0v) is 12.9. The van der Waals surface area contributed by atoms with Gasteiger partial charge in [-0.2, -0.15) is 0 Å². The zero-order valence-electron chi connectivity index (χ0n) is 12.1. The van der Waals surface area contributed by atoms with Crippen LogP contribution in [0.5, 0.6) is 0 Å². The van der Waals surface area contributed by atoms with Gasteiger partial charge >= 0.3 is 6.09 Å². The first-order chi connectivity index (χ1) is 10.6. The van der Waals surface area contributed by atoms with Crippen LogP contribution in [0.2, 0.25) is 5.02 Å². The number of hydrogen-bond donors (Lipinski definition) is 0. The SMILES string of the molecule is O=C1OCCN1CCN1CCO[C@H](c2ccc(F)c(Cl)c2)C1. The number of hydrogen-bond acceptors (Lipinski definition) is 4. The summed E-state index contributed by atoms with van der Waals surface area (Å²) >= 11 is 5.83. The van der Waals surface area contributed by atoms with Gasteiger partial charge in [0.25, 0.3) is 0 Å². The van der Waals surface area contributed by atoms with Crippen molar-refractivity contribution in [2.24, 2.45) is 0 Å². The molecule has 0 radical (unpaired) electrons. The van der Waals surface area contributed by atoms with E-state index in [0.29, 0.717) is 32.8 Å². The second-order valence-electron chi connectivity index (χ2n) is 5.44. The Labute approximate surface area is 133 Å². The van der Waals surface area contributed by atoms with Crippen molar-refractivity contribution in [2.45, 2.75) is 6.10 Å². The molecule has 2 aliphatic heterocycles. The Morgan fingerprint density at radius 2 is 2.14 bits per heavy atom. The van der Waals surface area contributed by atoms with Crippen LogP contribution in [0.15, 0.2) is 18.2 Å². The molecule has 3 rings (SSSR count). The Kier molecular flexibility index (Phi) is 4.81. The van der Waals surface area contributed by atoms with E-state index in [0.717, 1.165) is 18.7 Å². The summed E-state index contributed by atoms with van der Waals surface area (Å²) in [5, 5.41) is 0.109. The molecule has 0 aliphatic carbocycles. The van der Waals surface area contributed by atoms with Crippen molar-refractivity contribution in [2.75, 3.05) is 45.9 Å². The number of halogens is 2. The lowest BCUT2D eigenvalue weighted by Crippen LogP contribution is -2.42. The number of morpholine rings is 1. The first kappa shape index (κ1) is 15.5.